The van der Waals surface area contributed by atoms with Gasteiger partial charge < -0.3 is 0 Å². The molecule has 0 saturated carbocycles. The first kappa shape index (κ1) is 13.9. The van der Waals surface area contributed by atoms with Gasteiger partial charge >= 0.3 is 0 Å². The van der Waals surface area contributed by atoms with Gasteiger partial charge in [-0.15, -0.1) is 0 Å². The van der Waals surface area contributed by atoms with Crippen molar-refractivity contribution < 1.29 is 4.79 Å². The standard InChI is InChI=1S/C13H23N3O/c1-6-10-16-11(8-9-14-16)12(17)13(3,7-2)15(4)5/h8-9H,6-7,10H2,1-5H3. The molecular formula is C13H23N3O. The van der Waals surface area contributed by atoms with Crippen molar-refractivity contribution in [1.82, 2.24) is 14.7 Å². The molecule has 0 spiro atoms. The van der Waals surface area contributed by atoms with E-state index >= 15 is 0 Å². The number of ketones is 1. The highest BCUT2D eigenvalue weighted by molar-refractivity contribution is 6.01. The molecule has 0 aromatic carbocycles. The van der Waals surface area contributed by atoms with Gasteiger partial charge in [-0.05, 0) is 39.9 Å². The Morgan fingerprint density at radius 2 is 2.12 bits per heavy atom. The lowest BCUT2D eigenvalue weighted by atomic mass is 9.90. The van der Waals surface area contributed by atoms with Crippen molar-refractivity contribution in [1.29, 1.82) is 0 Å². The molecule has 0 saturated heterocycles. The van der Waals surface area contributed by atoms with Crippen molar-refractivity contribution >= 4 is 5.78 Å². The van der Waals surface area contributed by atoms with Crippen LogP contribution in [-0.2, 0) is 6.54 Å². The summed E-state index contributed by atoms with van der Waals surface area (Å²) in [5, 5.41) is 4.21. The van der Waals surface area contributed by atoms with Crippen molar-refractivity contribution in [2.24, 2.45) is 0 Å². The van der Waals surface area contributed by atoms with Gasteiger partial charge in [-0.25, -0.2) is 0 Å². The van der Waals surface area contributed by atoms with Gasteiger partial charge in [-0.3, -0.25) is 14.4 Å². The first-order valence-corrected chi connectivity index (χ1v) is 6.21. The Bertz CT molecular complexity index is 384. The average Bonchev–Trinajstić information content (AvgIpc) is 2.75. The van der Waals surface area contributed by atoms with Gasteiger partial charge in [0, 0.05) is 12.7 Å². The van der Waals surface area contributed by atoms with Crippen LogP contribution >= 0.6 is 0 Å². The van der Waals surface area contributed by atoms with E-state index in [9.17, 15) is 4.79 Å². The van der Waals surface area contributed by atoms with Crippen LogP contribution in [0.5, 0.6) is 0 Å². The van der Waals surface area contributed by atoms with E-state index in [0.29, 0.717) is 5.69 Å². The number of likely N-dealkylation sites (N-methyl/N-ethyl adjacent to an activating group) is 1. The maximum Gasteiger partial charge on any atom is 0.200 e. The lowest BCUT2D eigenvalue weighted by molar-refractivity contribution is 0.0698. The minimum absolute atomic E-state index is 0.149. The molecule has 0 aliphatic rings. The highest BCUT2D eigenvalue weighted by Gasteiger charge is 2.35. The van der Waals surface area contributed by atoms with E-state index < -0.39 is 5.54 Å². The predicted molar refractivity (Wildman–Crippen MR) is 69.2 cm³/mol. The minimum atomic E-state index is -0.453. The van der Waals surface area contributed by atoms with Crippen LogP contribution in [0.4, 0.5) is 0 Å². The predicted octanol–water partition coefficient (Wildman–Crippen LogP) is 2.21. The van der Waals surface area contributed by atoms with Crippen molar-refractivity contribution in [3.63, 3.8) is 0 Å². The molecule has 1 atom stereocenters. The highest BCUT2D eigenvalue weighted by Crippen LogP contribution is 2.22. The first-order valence-electron chi connectivity index (χ1n) is 6.21. The molecule has 4 nitrogen and oxygen atoms in total. The van der Waals surface area contributed by atoms with Gasteiger partial charge in [0.1, 0.15) is 5.69 Å². The van der Waals surface area contributed by atoms with Gasteiger partial charge in [0.05, 0.1) is 5.54 Å². The van der Waals surface area contributed by atoms with Crippen LogP contribution in [0, 0.1) is 0 Å². The number of aromatic nitrogens is 2. The number of hydrogen-bond acceptors (Lipinski definition) is 3. The molecule has 0 radical (unpaired) electrons. The normalized spacial score (nSPS) is 14.9. The zero-order chi connectivity index (χ0) is 13.1. The fourth-order valence-electron chi connectivity index (χ4n) is 1.87. The Kier molecular flexibility index (Phi) is 4.46. The Morgan fingerprint density at radius 1 is 1.47 bits per heavy atom. The number of rotatable bonds is 6. The number of nitrogens with zero attached hydrogens (tertiary/aromatic N) is 3. The molecule has 0 amide bonds. The highest BCUT2D eigenvalue weighted by atomic mass is 16.1. The molecule has 1 aromatic heterocycles. The molecule has 1 rings (SSSR count). The first-order chi connectivity index (χ1) is 7.97. The maximum atomic E-state index is 12.6. The third-order valence-corrected chi connectivity index (χ3v) is 3.55. The lowest BCUT2D eigenvalue weighted by Crippen LogP contribution is -2.48. The van der Waals surface area contributed by atoms with Gasteiger partial charge in [-0.1, -0.05) is 13.8 Å². The Hall–Kier alpha value is -1.16. The summed E-state index contributed by atoms with van der Waals surface area (Å²) in [7, 11) is 3.89. The van der Waals surface area contributed by atoms with E-state index in [1.165, 1.54) is 0 Å². The number of aryl methyl sites for hydroxylation is 1. The van der Waals surface area contributed by atoms with Crippen molar-refractivity contribution in [2.75, 3.05) is 14.1 Å². The summed E-state index contributed by atoms with van der Waals surface area (Å²) in [6.07, 6.45) is 3.47. The molecule has 1 aromatic rings. The van der Waals surface area contributed by atoms with E-state index in [0.717, 1.165) is 19.4 Å². The molecule has 0 N–H and O–H groups in total. The van der Waals surface area contributed by atoms with Crippen molar-refractivity contribution in [3.8, 4) is 0 Å². The second-order valence-electron chi connectivity index (χ2n) is 4.79. The molecule has 0 bridgehead atoms. The number of hydrogen-bond donors (Lipinski definition) is 0. The Balaban J connectivity index is 3.06. The molecular weight excluding hydrogens is 214 g/mol. The number of Topliss-reactive ketones (excluding diaryl/α,β-unsaturated/α-hetero) is 1. The Labute approximate surface area is 104 Å². The second-order valence-corrected chi connectivity index (χ2v) is 4.79. The van der Waals surface area contributed by atoms with Gasteiger partial charge in [-0.2, -0.15) is 5.10 Å². The van der Waals surface area contributed by atoms with Gasteiger partial charge in [0.25, 0.3) is 0 Å². The van der Waals surface area contributed by atoms with E-state index in [1.807, 2.05) is 38.9 Å². The monoisotopic (exact) mass is 237 g/mol. The van der Waals surface area contributed by atoms with Crippen LogP contribution in [0.3, 0.4) is 0 Å². The number of carbonyl (C=O) groups excluding carboxylic acids is 1. The fraction of sp³-hybridized carbons (Fsp3) is 0.692. The van der Waals surface area contributed by atoms with Crippen molar-refractivity contribution in [3.05, 3.63) is 18.0 Å². The van der Waals surface area contributed by atoms with Crippen LogP contribution in [-0.4, -0.2) is 40.1 Å². The molecule has 4 heteroatoms. The van der Waals surface area contributed by atoms with Crippen LogP contribution in [0.15, 0.2) is 12.3 Å². The second kappa shape index (κ2) is 5.45. The molecule has 96 valence electrons. The molecule has 0 fully saturated rings. The Morgan fingerprint density at radius 3 is 2.59 bits per heavy atom. The van der Waals surface area contributed by atoms with E-state index in [1.54, 1.807) is 10.9 Å². The van der Waals surface area contributed by atoms with Crippen LogP contribution in [0.2, 0.25) is 0 Å². The summed E-state index contributed by atoms with van der Waals surface area (Å²) >= 11 is 0. The molecule has 1 heterocycles. The summed E-state index contributed by atoms with van der Waals surface area (Å²) in [4.78, 5) is 14.6. The largest absolute Gasteiger partial charge is 0.297 e. The zero-order valence-electron chi connectivity index (χ0n) is 11.5. The molecule has 0 aliphatic carbocycles. The topological polar surface area (TPSA) is 38.1 Å². The molecule has 0 aliphatic heterocycles. The fourth-order valence-corrected chi connectivity index (χ4v) is 1.87. The maximum absolute atomic E-state index is 12.6. The quantitative estimate of drug-likeness (QED) is 0.712. The third-order valence-electron chi connectivity index (χ3n) is 3.55. The smallest absolute Gasteiger partial charge is 0.200 e. The summed E-state index contributed by atoms with van der Waals surface area (Å²) in [5.41, 5.74) is 0.260. The van der Waals surface area contributed by atoms with Crippen molar-refractivity contribution in [2.45, 2.75) is 45.7 Å². The van der Waals surface area contributed by atoms with Crippen LogP contribution in [0.25, 0.3) is 0 Å². The van der Waals surface area contributed by atoms with E-state index in [4.69, 9.17) is 0 Å². The summed E-state index contributed by atoms with van der Waals surface area (Å²) in [6, 6.07) is 1.81. The number of carbonyl (C=O) groups is 1. The summed E-state index contributed by atoms with van der Waals surface area (Å²) in [6.45, 7) is 6.90. The van der Waals surface area contributed by atoms with Gasteiger partial charge in [0.15, 0.2) is 0 Å². The zero-order valence-corrected chi connectivity index (χ0v) is 11.5. The van der Waals surface area contributed by atoms with Crippen LogP contribution in [0.1, 0.15) is 44.1 Å². The molecule has 1 unspecified atom stereocenters. The van der Waals surface area contributed by atoms with E-state index in [-0.39, 0.29) is 5.78 Å². The molecule has 17 heavy (non-hydrogen) atoms. The minimum Gasteiger partial charge on any atom is -0.297 e. The average molecular weight is 237 g/mol. The summed E-state index contributed by atoms with van der Waals surface area (Å²) in [5.74, 6) is 0.149. The van der Waals surface area contributed by atoms with Crippen LogP contribution < -0.4 is 0 Å². The summed E-state index contributed by atoms with van der Waals surface area (Å²) < 4.78 is 1.81. The third kappa shape index (κ3) is 2.57. The van der Waals surface area contributed by atoms with E-state index in [2.05, 4.69) is 12.0 Å². The lowest BCUT2D eigenvalue weighted by Gasteiger charge is -2.33. The SMILES string of the molecule is CCCn1nccc1C(=O)C(C)(CC)N(C)C. The van der Waals surface area contributed by atoms with Gasteiger partial charge in [0.2, 0.25) is 5.78 Å².